The first kappa shape index (κ1) is 21.1. The monoisotopic (exact) mass is 346 g/mol. The Balaban J connectivity index is 0.00000232. The van der Waals surface area contributed by atoms with Crippen LogP contribution in [0.5, 0.6) is 0 Å². The van der Waals surface area contributed by atoms with Gasteiger partial charge in [0.15, 0.2) is 5.78 Å². The van der Waals surface area contributed by atoms with E-state index in [0.29, 0.717) is 5.75 Å². The van der Waals surface area contributed by atoms with Crippen LogP contribution in [0.2, 0.25) is 0 Å². The van der Waals surface area contributed by atoms with Gasteiger partial charge in [-0.2, -0.15) is 0 Å². The van der Waals surface area contributed by atoms with E-state index >= 15 is 0 Å². The Morgan fingerprint density at radius 1 is 1.30 bits per heavy atom. The number of nitrogens with one attached hydrogen (secondary N) is 1. The molecule has 1 heterocycles. The molecule has 1 aliphatic heterocycles. The van der Waals surface area contributed by atoms with Gasteiger partial charge in [-0.25, -0.2) is 4.79 Å². The number of amides is 2. The first-order chi connectivity index (χ1) is 10.6. The first-order valence-electron chi connectivity index (χ1n) is 6.77. The molecule has 1 saturated heterocycles. The van der Waals surface area contributed by atoms with Crippen molar-refractivity contribution < 1.29 is 28.7 Å². The Morgan fingerprint density at radius 2 is 1.83 bits per heavy atom. The maximum Gasteiger partial charge on any atom is 0.328 e. The molecule has 0 aliphatic carbocycles. The maximum absolute atomic E-state index is 12.3. The van der Waals surface area contributed by atoms with Gasteiger partial charge in [-0.1, -0.05) is 0 Å². The topological polar surface area (TPSA) is 110 Å². The molecule has 1 aliphatic rings. The summed E-state index contributed by atoms with van der Waals surface area (Å²) in [5.74, 6) is -1.30. The third-order valence-electron chi connectivity index (χ3n) is 3.50. The summed E-state index contributed by atoms with van der Waals surface area (Å²) in [4.78, 5) is 55.5. The van der Waals surface area contributed by atoms with Gasteiger partial charge in [-0.05, 0) is 20.8 Å². The van der Waals surface area contributed by atoms with Gasteiger partial charge < -0.3 is 19.7 Å². The van der Waals surface area contributed by atoms with Gasteiger partial charge in [-0.15, -0.1) is 11.8 Å². The van der Waals surface area contributed by atoms with Crippen LogP contribution in [0, 0.1) is 0 Å². The quantitative estimate of drug-likeness (QED) is 0.699. The predicted molar refractivity (Wildman–Crippen MR) is 84.6 cm³/mol. The van der Waals surface area contributed by atoms with Crippen LogP contribution in [0.1, 0.15) is 27.7 Å². The highest BCUT2D eigenvalue weighted by atomic mass is 32.2. The third kappa shape index (κ3) is 4.54. The molecule has 23 heavy (non-hydrogen) atoms. The van der Waals surface area contributed by atoms with Crippen LogP contribution in [-0.2, 0) is 28.7 Å². The van der Waals surface area contributed by atoms with Gasteiger partial charge in [0.05, 0.1) is 7.11 Å². The highest BCUT2D eigenvalue weighted by molar-refractivity contribution is 8.01. The summed E-state index contributed by atoms with van der Waals surface area (Å²) in [6.45, 7) is 7.82. The summed E-state index contributed by atoms with van der Waals surface area (Å²) in [5, 5.41) is 2.50. The Hall–Kier alpha value is -1.90. The minimum atomic E-state index is -1.05. The van der Waals surface area contributed by atoms with Crippen molar-refractivity contribution in [2.24, 2.45) is 0 Å². The molecule has 9 heteroatoms. The molecule has 0 saturated carbocycles. The number of carbonyl (C=O) groups excluding carboxylic acids is 5. The van der Waals surface area contributed by atoms with Gasteiger partial charge in [0, 0.05) is 12.7 Å². The molecular weight excluding hydrogens is 324 g/mol. The van der Waals surface area contributed by atoms with E-state index in [-0.39, 0.29) is 11.7 Å². The summed E-state index contributed by atoms with van der Waals surface area (Å²) in [6, 6.07) is -1.60. The lowest BCUT2D eigenvalue weighted by Gasteiger charge is -2.34. The number of nitrogens with zero attached hydrogens (tertiary/aromatic N) is 1. The molecule has 0 aromatic heterocycles. The number of Topliss-reactive ketones (excluding diaryl/α,β-unsaturated/α-hetero) is 1. The molecule has 2 amide bonds. The molecule has 3 atom stereocenters. The molecule has 0 radical (unpaired) electrons. The van der Waals surface area contributed by atoms with Crippen LogP contribution < -0.4 is 5.32 Å². The number of thioether (sulfide) groups is 1. The van der Waals surface area contributed by atoms with Gasteiger partial charge in [-0.3, -0.25) is 14.4 Å². The highest BCUT2D eigenvalue weighted by Gasteiger charge is 2.51. The van der Waals surface area contributed by atoms with Crippen molar-refractivity contribution in [3.05, 3.63) is 0 Å². The van der Waals surface area contributed by atoms with E-state index in [9.17, 15) is 19.2 Å². The zero-order valence-corrected chi connectivity index (χ0v) is 14.7. The molecule has 130 valence electrons. The average molecular weight is 346 g/mol. The van der Waals surface area contributed by atoms with Crippen molar-refractivity contribution in [3.8, 4) is 0 Å². The minimum absolute atomic E-state index is 0.195. The number of esters is 1. The van der Waals surface area contributed by atoms with Crippen molar-refractivity contribution >= 4 is 42.1 Å². The lowest BCUT2D eigenvalue weighted by molar-refractivity contribution is -0.147. The third-order valence-corrected chi connectivity index (χ3v) is 5.03. The number of ketones is 1. The largest absolute Gasteiger partial charge is 0.467 e. The lowest BCUT2D eigenvalue weighted by atomic mass is 10.1. The van der Waals surface area contributed by atoms with Crippen LogP contribution in [-0.4, -0.2) is 65.1 Å². The van der Waals surface area contributed by atoms with E-state index in [1.807, 2.05) is 6.79 Å². The Bertz CT molecular complexity index is 498. The number of ether oxygens (including phenoxy) is 1. The number of hydrogen-bond donors (Lipinski definition) is 1. The van der Waals surface area contributed by atoms with E-state index in [4.69, 9.17) is 4.79 Å². The molecule has 0 aromatic rings. The number of rotatable bonds is 4. The molecule has 1 N–H and O–H groups in total. The molecule has 2 unspecified atom stereocenters. The standard InChI is InChI=1S/C13H20N2O5S.CH2O/c1-7(12(19)20-5)14-11(18)10-6-21-13(4,8(2)16)15(10)9(3)17;1-2/h7,10H,6H2,1-5H3,(H,14,18);1H2/t7-,10?,13?;/m0./s1. The Labute approximate surface area is 139 Å². The SMILES string of the molecule is C=O.COC(=O)[C@H](C)NC(=O)C1CSC(C)(C(C)=O)N1C(C)=O. The summed E-state index contributed by atoms with van der Waals surface area (Å²) in [7, 11) is 1.23. The summed E-state index contributed by atoms with van der Waals surface area (Å²) in [6.07, 6.45) is 0. The second-order valence-electron chi connectivity index (χ2n) is 5.01. The van der Waals surface area contributed by atoms with Crippen molar-refractivity contribution in [2.45, 2.75) is 44.6 Å². The van der Waals surface area contributed by atoms with E-state index < -0.39 is 28.8 Å². The van der Waals surface area contributed by atoms with Gasteiger partial charge >= 0.3 is 5.97 Å². The van der Waals surface area contributed by atoms with Crippen LogP contribution in [0.3, 0.4) is 0 Å². The van der Waals surface area contributed by atoms with Crippen LogP contribution >= 0.6 is 11.8 Å². The van der Waals surface area contributed by atoms with E-state index in [1.165, 1.54) is 44.5 Å². The Morgan fingerprint density at radius 3 is 2.22 bits per heavy atom. The molecular formula is C14H22N2O6S. The smallest absolute Gasteiger partial charge is 0.328 e. The van der Waals surface area contributed by atoms with Gasteiger partial charge in [0.2, 0.25) is 11.8 Å². The zero-order valence-electron chi connectivity index (χ0n) is 13.9. The number of hydrogen-bond acceptors (Lipinski definition) is 7. The van der Waals surface area contributed by atoms with Crippen molar-refractivity contribution in [2.75, 3.05) is 12.9 Å². The first-order valence-corrected chi connectivity index (χ1v) is 7.75. The van der Waals surface area contributed by atoms with E-state index in [0.717, 1.165) is 0 Å². The Kier molecular flexibility index (Phi) is 7.94. The molecule has 0 bridgehead atoms. The molecule has 0 aromatic carbocycles. The van der Waals surface area contributed by atoms with Crippen LogP contribution in [0.25, 0.3) is 0 Å². The second-order valence-corrected chi connectivity index (χ2v) is 6.43. The second kappa shape index (κ2) is 8.66. The highest BCUT2D eigenvalue weighted by Crippen LogP contribution is 2.40. The summed E-state index contributed by atoms with van der Waals surface area (Å²) in [5.41, 5.74) is 0. The van der Waals surface area contributed by atoms with Crippen molar-refractivity contribution in [3.63, 3.8) is 0 Å². The summed E-state index contributed by atoms with van der Waals surface area (Å²) >= 11 is 1.25. The van der Waals surface area contributed by atoms with Crippen molar-refractivity contribution in [1.29, 1.82) is 0 Å². The number of carbonyl (C=O) groups is 5. The molecule has 1 fully saturated rings. The zero-order chi connectivity index (χ0) is 18.4. The minimum Gasteiger partial charge on any atom is -0.467 e. The van der Waals surface area contributed by atoms with Crippen LogP contribution in [0.15, 0.2) is 0 Å². The fraction of sp³-hybridized carbons (Fsp3) is 0.643. The van der Waals surface area contributed by atoms with E-state index in [2.05, 4.69) is 10.1 Å². The summed E-state index contributed by atoms with van der Waals surface area (Å²) < 4.78 is 4.54. The molecule has 1 rings (SSSR count). The fourth-order valence-corrected chi connectivity index (χ4v) is 3.59. The normalized spacial score (nSPS) is 24.0. The number of methoxy groups -OCH3 is 1. The predicted octanol–water partition coefficient (Wildman–Crippen LogP) is -0.252. The lowest BCUT2D eigenvalue weighted by Crippen LogP contribution is -2.57. The van der Waals surface area contributed by atoms with Gasteiger partial charge in [0.25, 0.3) is 0 Å². The fourth-order valence-electron chi connectivity index (χ4n) is 2.21. The van der Waals surface area contributed by atoms with E-state index in [1.54, 1.807) is 6.92 Å². The van der Waals surface area contributed by atoms with Gasteiger partial charge in [0.1, 0.15) is 23.7 Å². The van der Waals surface area contributed by atoms with Crippen molar-refractivity contribution in [1.82, 2.24) is 10.2 Å². The molecule has 0 spiro atoms. The maximum atomic E-state index is 12.3. The average Bonchev–Trinajstić information content (AvgIpc) is 2.87. The molecule has 8 nitrogen and oxygen atoms in total. The van der Waals surface area contributed by atoms with Crippen LogP contribution in [0.4, 0.5) is 0 Å².